The number of rotatable bonds is 7. The molecular formula is C19H30FN3O. The Hall–Kier alpha value is -1.46. The fourth-order valence-corrected chi connectivity index (χ4v) is 3.15. The molecule has 0 bridgehead atoms. The summed E-state index contributed by atoms with van der Waals surface area (Å²) in [4.78, 5) is 17.4. The molecule has 0 aromatic heterocycles. The van der Waals surface area contributed by atoms with E-state index in [4.69, 9.17) is 0 Å². The lowest BCUT2D eigenvalue weighted by atomic mass is 9.83. The normalized spacial score (nSPS) is 17.0. The van der Waals surface area contributed by atoms with Crippen LogP contribution in [0.4, 0.5) is 4.39 Å². The molecule has 0 spiro atoms. The first-order valence-corrected chi connectivity index (χ1v) is 8.93. The minimum atomic E-state index is -0.863. The number of hydrogen-bond acceptors (Lipinski definition) is 3. The van der Waals surface area contributed by atoms with Crippen molar-refractivity contribution in [2.24, 2.45) is 0 Å². The Balaban J connectivity index is 1.74. The number of carbonyl (C=O) groups is 1. The molecular weight excluding hydrogens is 305 g/mol. The summed E-state index contributed by atoms with van der Waals surface area (Å²) >= 11 is 0. The third kappa shape index (κ3) is 4.77. The fourth-order valence-electron chi connectivity index (χ4n) is 3.15. The van der Waals surface area contributed by atoms with Gasteiger partial charge in [-0.05, 0) is 39.4 Å². The number of halogens is 1. The molecule has 0 radical (unpaired) electrons. The van der Waals surface area contributed by atoms with E-state index in [0.717, 1.165) is 45.7 Å². The van der Waals surface area contributed by atoms with E-state index < -0.39 is 5.41 Å². The molecule has 0 aliphatic carbocycles. The zero-order valence-corrected chi connectivity index (χ0v) is 15.1. The molecule has 1 aromatic carbocycles. The molecule has 1 amide bonds. The number of benzene rings is 1. The Morgan fingerprint density at radius 2 is 1.79 bits per heavy atom. The first kappa shape index (κ1) is 18.9. The van der Waals surface area contributed by atoms with Crippen LogP contribution in [0.15, 0.2) is 24.3 Å². The van der Waals surface area contributed by atoms with E-state index in [1.54, 1.807) is 32.0 Å². The average Bonchev–Trinajstić information content (AvgIpc) is 2.59. The van der Waals surface area contributed by atoms with Crippen molar-refractivity contribution in [3.05, 3.63) is 35.6 Å². The van der Waals surface area contributed by atoms with Gasteiger partial charge in [0, 0.05) is 38.3 Å². The van der Waals surface area contributed by atoms with Crippen LogP contribution in [0, 0.1) is 5.82 Å². The third-order valence-corrected chi connectivity index (χ3v) is 4.96. The Kier molecular flexibility index (Phi) is 6.75. The van der Waals surface area contributed by atoms with E-state index in [-0.39, 0.29) is 11.7 Å². The smallest absolute Gasteiger partial charge is 0.230 e. The Morgan fingerprint density at radius 3 is 2.42 bits per heavy atom. The highest BCUT2D eigenvalue weighted by Gasteiger charge is 2.31. The van der Waals surface area contributed by atoms with Crippen LogP contribution in [-0.4, -0.2) is 61.5 Å². The fraction of sp³-hybridized carbons (Fsp3) is 0.632. The largest absolute Gasteiger partial charge is 0.355 e. The van der Waals surface area contributed by atoms with Gasteiger partial charge in [0.05, 0.1) is 5.41 Å². The van der Waals surface area contributed by atoms with Gasteiger partial charge in [-0.3, -0.25) is 4.79 Å². The molecule has 1 aliphatic rings. The summed E-state index contributed by atoms with van der Waals surface area (Å²) in [6.45, 7) is 12.9. The number of nitrogens with one attached hydrogen (secondary N) is 1. The van der Waals surface area contributed by atoms with Crippen molar-refractivity contribution in [2.75, 3.05) is 45.8 Å². The minimum absolute atomic E-state index is 0.122. The number of hydrogen-bond donors (Lipinski definition) is 1. The van der Waals surface area contributed by atoms with Crippen molar-refractivity contribution in [3.63, 3.8) is 0 Å². The molecule has 1 fully saturated rings. The number of amides is 1. The summed E-state index contributed by atoms with van der Waals surface area (Å²) in [5, 5.41) is 2.97. The van der Waals surface area contributed by atoms with Gasteiger partial charge < -0.3 is 15.1 Å². The molecule has 24 heavy (non-hydrogen) atoms. The molecule has 0 unspecified atom stereocenters. The maximum Gasteiger partial charge on any atom is 0.230 e. The van der Waals surface area contributed by atoms with E-state index in [1.165, 1.54) is 6.07 Å². The predicted molar refractivity (Wildman–Crippen MR) is 95.6 cm³/mol. The molecule has 0 atom stereocenters. The topological polar surface area (TPSA) is 35.6 Å². The summed E-state index contributed by atoms with van der Waals surface area (Å²) in [6.07, 6.45) is 0.922. The summed E-state index contributed by atoms with van der Waals surface area (Å²) in [5.74, 6) is -0.449. The lowest BCUT2D eigenvalue weighted by Crippen LogP contribution is -2.47. The first-order chi connectivity index (χ1) is 11.4. The van der Waals surface area contributed by atoms with E-state index in [0.29, 0.717) is 12.1 Å². The van der Waals surface area contributed by atoms with Crippen molar-refractivity contribution in [1.82, 2.24) is 15.1 Å². The molecule has 2 rings (SSSR count). The van der Waals surface area contributed by atoms with Crippen LogP contribution in [0.5, 0.6) is 0 Å². The van der Waals surface area contributed by atoms with E-state index >= 15 is 0 Å². The Morgan fingerprint density at radius 1 is 1.17 bits per heavy atom. The van der Waals surface area contributed by atoms with Crippen LogP contribution in [0.2, 0.25) is 0 Å². The van der Waals surface area contributed by atoms with Crippen LogP contribution in [0.1, 0.15) is 32.8 Å². The molecule has 1 N–H and O–H groups in total. The molecule has 0 saturated carbocycles. The lowest BCUT2D eigenvalue weighted by Gasteiger charge is -2.34. The van der Waals surface area contributed by atoms with E-state index in [1.807, 2.05) is 0 Å². The molecule has 134 valence electrons. The van der Waals surface area contributed by atoms with Gasteiger partial charge in [0.2, 0.25) is 5.91 Å². The Labute approximate surface area is 145 Å². The third-order valence-electron chi connectivity index (χ3n) is 4.96. The molecule has 1 aromatic rings. The van der Waals surface area contributed by atoms with Gasteiger partial charge in [-0.2, -0.15) is 0 Å². The van der Waals surface area contributed by atoms with Crippen molar-refractivity contribution in [2.45, 2.75) is 32.6 Å². The molecule has 1 heterocycles. The van der Waals surface area contributed by atoms with Crippen LogP contribution >= 0.6 is 0 Å². The lowest BCUT2D eigenvalue weighted by molar-refractivity contribution is -0.125. The second kappa shape index (κ2) is 8.58. The highest BCUT2D eigenvalue weighted by molar-refractivity contribution is 5.87. The van der Waals surface area contributed by atoms with Gasteiger partial charge in [0.15, 0.2) is 0 Å². The Bertz CT molecular complexity index is 539. The van der Waals surface area contributed by atoms with Crippen LogP contribution in [-0.2, 0) is 10.2 Å². The van der Waals surface area contributed by atoms with Gasteiger partial charge in [-0.25, -0.2) is 4.39 Å². The number of piperazine rings is 1. The standard InChI is InChI=1S/C19H30FN3O/c1-4-22-12-14-23(15-13-22)11-7-10-21-18(24)19(2,3)16-8-5-6-9-17(16)20/h5-6,8-9H,4,7,10-15H2,1-3H3,(H,21,24). The SMILES string of the molecule is CCN1CCN(CCCNC(=O)C(C)(C)c2ccccc2F)CC1. The number of likely N-dealkylation sites (N-methyl/N-ethyl adjacent to an activating group) is 1. The van der Waals surface area contributed by atoms with Crippen molar-refractivity contribution >= 4 is 5.91 Å². The average molecular weight is 335 g/mol. The zero-order chi connectivity index (χ0) is 17.6. The van der Waals surface area contributed by atoms with Gasteiger partial charge in [0.1, 0.15) is 5.82 Å². The van der Waals surface area contributed by atoms with Gasteiger partial charge >= 0.3 is 0 Å². The van der Waals surface area contributed by atoms with E-state index in [2.05, 4.69) is 22.0 Å². The highest BCUT2D eigenvalue weighted by Crippen LogP contribution is 2.25. The van der Waals surface area contributed by atoms with Crippen molar-refractivity contribution in [3.8, 4) is 0 Å². The summed E-state index contributed by atoms with van der Waals surface area (Å²) in [5.41, 5.74) is -0.420. The van der Waals surface area contributed by atoms with Crippen LogP contribution < -0.4 is 5.32 Å². The summed E-state index contributed by atoms with van der Waals surface area (Å²) < 4.78 is 13.9. The predicted octanol–water partition coefficient (Wildman–Crippen LogP) is 2.25. The molecule has 5 heteroatoms. The van der Waals surface area contributed by atoms with Crippen LogP contribution in [0.3, 0.4) is 0 Å². The molecule has 4 nitrogen and oxygen atoms in total. The number of carbonyl (C=O) groups excluding carboxylic acids is 1. The maximum atomic E-state index is 13.9. The summed E-state index contributed by atoms with van der Waals surface area (Å²) in [6, 6.07) is 6.50. The van der Waals surface area contributed by atoms with Crippen molar-refractivity contribution < 1.29 is 9.18 Å². The second-order valence-corrected chi connectivity index (χ2v) is 6.99. The first-order valence-electron chi connectivity index (χ1n) is 8.93. The van der Waals surface area contributed by atoms with Crippen molar-refractivity contribution in [1.29, 1.82) is 0 Å². The quantitative estimate of drug-likeness (QED) is 0.776. The highest BCUT2D eigenvalue weighted by atomic mass is 19.1. The minimum Gasteiger partial charge on any atom is -0.355 e. The molecule has 1 aliphatic heterocycles. The van der Waals surface area contributed by atoms with Gasteiger partial charge in [0.25, 0.3) is 0 Å². The second-order valence-electron chi connectivity index (χ2n) is 6.99. The summed E-state index contributed by atoms with van der Waals surface area (Å²) in [7, 11) is 0. The zero-order valence-electron chi connectivity index (χ0n) is 15.1. The van der Waals surface area contributed by atoms with Gasteiger partial charge in [-0.1, -0.05) is 25.1 Å². The van der Waals surface area contributed by atoms with Crippen LogP contribution in [0.25, 0.3) is 0 Å². The van der Waals surface area contributed by atoms with E-state index in [9.17, 15) is 9.18 Å². The monoisotopic (exact) mass is 335 g/mol. The maximum absolute atomic E-state index is 13.9. The van der Waals surface area contributed by atoms with Gasteiger partial charge in [-0.15, -0.1) is 0 Å². The number of nitrogens with zero attached hydrogens (tertiary/aromatic N) is 2. The molecule has 1 saturated heterocycles.